The molecular formula is C5H11NO4S. The minimum atomic E-state index is -3.14. The molecule has 0 aromatic rings. The largest absolute Gasteiger partial charge is 0.339 e. The zero-order chi connectivity index (χ0) is 8.32. The first kappa shape index (κ1) is 8.92. The molecule has 0 N–H and O–H groups in total. The van der Waals surface area contributed by atoms with Gasteiger partial charge in [-0.2, -0.15) is 4.31 Å². The van der Waals surface area contributed by atoms with Crippen molar-refractivity contribution in [2.45, 2.75) is 6.92 Å². The minimum absolute atomic E-state index is 0.0831. The Hall–Kier alpha value is -0.170. The van der Waals surface area contributed by atoms with Crippen LogP contribution in [0.1, 0.15) is 6.92 Å². The first-order chi connectivity index (χ1) is 5.17. The average Bonchev–Trinajstić information content (AvgIpc) is 2.06. The van der Waals surface area contributed by atoms with Crippen LogP contribution in [-0.2, 0) is 19.5 Å². The first-order valence-corrected chi connectivity index (χ1v) is 4.91. The zero-order valence-electron chi connectivity index (χ0n) is 6.32. The summed E-state index contributed by atoms with van der Waals surface area (Å²) < 4.78 is 33.0. The van der Waals surface area contributed by atoms with Gasteiger partial charge in [-0.15, -0.1) is 0 Å². The van der Waals surface area contributed by atoms with Crippen LogP contribution in [0, 0.1) is 0 Å². The van der Waals surface area contributed by atoms with Gasteiger partial charge in [0.05, 0.1) is 5.75 Å². The maximum Gasteiger partial charge on any atom is 0.217 e. The second-order valence-corrected chi connectivity index (χ2v) is 4.39. The van der Waals surface area contributed by atoms with Gasteiger partial charge in [0, 0.05) is 0 Å². The Balaban J connectivity index is 2.58. The SMILES string of the molecule is CCS(=O)(=O)N1COCOC1. The predicted molar refractivity (Wildman–Crippen MR) is 38.1 cm³/mol. The van der Waals surface area contributed by atoms with Crippen LogP contribution < -0.4 is 0 Å². The van der Waals surface area contributed by atoms with Crippen LogP contribution >= 0.6 is 0 Å². The lowest BCUT2D eigenvalue weighted by Gasteiger charge is -2.25. The Morgan fingerprint density at radius 2 is 1.91 bits per heavy atom. The quantitative estimate of drug-likeness (QED) is 0.579. The van der Waals surface area contributed by atoms with E-state index in [2.05, 4.69) is 0 Å². The van der Waals surface area contributed by atoms with Crippen molar-refractivity contribution in [3.8, 4) is 0 Å². The van der Waals surface area contributed by atoms with E-state index in [0.717, 1.165) is 4.31 Å². The van der Waals surface area contributed by atoms with Crippen molar-refractivity contribution in [1.29, 1.82) is 0 Å². The van der Waals surface area contributed by atoms with Gasteiger partial charge in [0.25, 0.3) is 0 Å². The predicted octanol–water partition coefficient (Wildman–Crippen LogP) is -0.443. The Labute approximate surface area is 65.9 Å². The summed E-state index contributed by atoms with van der Waals surface area (Å²) in [5.41, 5.74) is 0. The summed E-state index contributed by atoms with van der Waals surface area (Å²) in [6.07, 6.45) is 0. The van der Waals surface area contributed by atoms with Crippen LogP contribution in [0.25, 0.3) is 0 Å². The highest BCUT2D eigenvalue weighted by atomic mass is 32.2. The number of sulfonamides is 1. The highest BCUT2D eigenvalue weighted by Crippen LogP contribution is 2.05. The molecule has 1 aliphatic heterocycles. The third-order valence-corrected chi connectivity index (χ3v) is 3.12. The van der Waals surface area contributed by atoms with E-state index in [4.69, 9.17) is 9.47 Å². The van der Waals surface area contributed by atoms with Crippen molar-refractivity contribution in [2.75, 3.05) is 26.0 Å². The number of hydrogen-bond donors (Lipinski definition) is 0. The van der Waals surface area contributed by atoms with Gasteiger partial charge in [-0.05, 0) is 6.92 Å². The molecule has 0 aromatic heterocycles. The molecule has 0 aliphatic carbocycles. The number of rotatable bonds is 2. The molecule has 0 atom stereocenters. The summed E-state index contributed by atoms with van der Waals surface area (Å²) in [5, 5.41) is 0. The van der Waals surface area contributed by atoms with E-state index in [1.807, 2.05) is 0 Å². The second kappa shape index (κ2) is 3.48. The van der Waals surface area contributed by atoms with E-state index in [0.29, 0.717) is 0 Å². The average molecular weight is 181 g/mol. The molecule has 1 heterocycles. The van der Waals surface area contributed by atoms with E-state index in [9.17, 15) is 8.42 Å². The third kappa shape index (κ3) is 2.13. The van der Waals surface area contributed by atoms with Crippen LogP contribution in [-0.4, -0.2) is 38.7 Å². The van der Waals surface area contributed by atoms with Crippen LogP contribution in [0.2, 0.25) is 0 Å². The van der Waals surface area contributed by atoms with Gasteiger partial charge in [0.1, 0.15) is 20.3 Å². The van der Waals surface area contributed by atoms with Gasteiger partial charge in [-0.25, -0.2) is 8.42 Å². The van der Waals surface area contributed by atoms with Gasteiger partial charge in [-0.3, -0.25) is 0 Å². The van der Waals surface area contributed by atoms with Crippen molar-refractivity contribution in [3.63, 3.8) is 0 Å². The molecule has 0 spiro atoms. The smallest absolute Gasteiger partial charge is 0.217 e. The van der Waals surface area contributed by atoms with Crippen LogP contribution in [0.4, 0.5) is 0 Å². The summed E-state index contributed by atoms with van der Waals surface area (Å²) in [6, 6.07) is 0. The van der Waals surface area contributed by atoms with Gasteiger partial charge in [0.2, 0.25) is 10.0 Å². The maximum atomic E-state index is 11.1. The Morgan fingerprint density at radius 3 is 2.36 bits per heavy atom. The second-order valence-electron chi connectivity index (χ2n) is 2.14. The molecule has 0 radical (unpaired) electrons. The highest BCUT2D eigenvalue weighted by Gasteiger charge is 2.22. The summed E-state index contributed by atoms with van der Waals surface area (Å²) in [6.45, 7) is 1.98. The zero-order valence-corrected chi connectivity index (χ0v) is 7.13. The Bertz CT molecular complexity index is 207. The molecule has 6 heteroatoms. The monoisotopic (exact) mass is 181 g/mol. The van der Waals surface area contributed by atoms with Gasteiger partial charge >= 0.3 is 0 Å². The van der Waals surface area contributed by atoms with Gasteiger partial charge in [0.15, 0.2) is 0 Å². The van der Waals surface area contributed by atoms with Crippen LogP contribution in [0.3, 0.4) is 0 Å². The van der Waals surface area contributed by atoms with Crippen molar-refractivity contribution < 1.29 is 17.9 Å². The van der Waals surface area contributed by atoms with Crippen molar-refractivity contribution in [3.05, 3.63) is 0 Å². The fourth-order valence-corrected chi connectivity index (χ4v) is 1.55. The lowest BCUT2D eigenvalue weighted by atomic mass is 11.0. The molecule has 5 nitrogen and oxygen atoms in total. The van der Waals surface area contributed by atoms with Crippen LogP contribution in [0.5, 0.6) is 0 Å². The summed E-state index contributed by atoms with van der Waals surface area (Å²) >= 11 is 0. The van der Waals surface area contributed by atoms with Gasteiger partial charge in [-0.1, -0.05) is 0 Å². The topological polar surface area (TPSA) is 55.8 Å². The fourth-order valence-electron chi connectivity index (χ4n) is 0.718. The molecule has 11 heavy (non-hydrogen) atoms. The summed E-state index contributed by atoms with van der Waals surface area (Å²) in [7, 11) is -3.14. The Morgan fingerprint density at radius 1 is 1.36 bits per heavy atom. The van der Waals surface area contributed by atoms with Crippen molar-refractivity contribution >= 4 is 10.0 Å². The van der Waals surface area contributed by atoms with E-state index in [1.54, 1.807) is 6.92 Å². The fraction of sp³-hybridized carbons (Fsp3) is 1.00. The molecule has 0 saturated carbocycles. The van der Waals surface area contributed by atoms with E-state index >= 15 is 0 Å². The lowest BCUT2D eigenvalue weighted by Crippen LogP contribution is -2.40. The molecule has 0 bridgehead atoms. The maximum absolute atomic E-state index is 11.1. The molecule has 1 rings (SSSR count). The summed E-state index contributed by atoms with van der Waals surface area (Å²) in [5.74, 6) is 0.0831. The molecule has 0 unspecified atom stereocenters. The third-order valence-electron chi connectivity index (χ3n) is 1.40. The highest BCUT2D eigenvalue weighted by molar-refractivity contribution is 7.89. The van der Waals surface area contributed by atoms with Crippen molar-refractivity contribution in [1.82, 2.24) is 4.31 Å². The van der Waals surface area contributed by atoms with Gasteiger partial charge < -0.3 is 9.47 Å². The molecule has 1 saturated heterocycles. The molecule has 1 fully saturated rings. The first-order valence-electron chi connectivity index (χ1n) is 3.30. The normalized spacial score (nSPS) is 21.9. The number of nitrogens with zero attached hydrogens (tertiary/aromatic N) is 1. The molecule has 0 amide bonds. The standard InChI is InChI=1S/C5H11NO4S/c1-2-11(7,8)6-3-9-5-10-4-6/h2-5H2,1H3. The van der Waals surface area contributed by atoms with E-state index in [-0.39, 0.29) is 26.0 Å². The minimum Gasteiger partial charge on any atom is -0.339 e. The summed E-state index contributed by atoms with van der Waals surface area (Å²) in [4.78, 5) is 0. The van der Waals surface area contributed by atoms with E-state index < -0.39 is 10.0 Å². The van der Waals surface area contributed by atoms with E-state index in [1.165, 1.54) is 0 Å². The Kier molecular flexibility index (Phi) is 2.83. The number of ether oxygens (including phenoxy) is 2. The molecular weight excluding hydrogens is 170 g/mol. The lowest BCUT2D eigenvalue weighted by molar-refractivity contribution is -0.153. The molecule has 1 aliphatic rings. The molecule has 0 aromatic carbocycles. The number of hydrogen-bond acceptors (Lipinski definition) is 4. The van der Waals surface area contributed by atoms with Crippen LogP contribution in [0.15, 0.2) is 0 Å². The molecule has 66 valence electrons. The van der Waals surface area contributed by atoms with Crippen molar-refractivity contribution in [2.24, 2.45) is 0 Å².